The zero-order valence-electron chi connectivity index (χ0n) is 17.4. The summed E-state index contributed by atoms with van der Waals surface area (Å²) in [6, 6.07) is 10.3. The smallest absolute Gasteiger partial charge is 0.222 e. The van der Waals surface area contributed by atoms with E-state index in [1.165, 1.54) is 0 Å². The summed E-state index contributed by atoms with van der Waals surface area (Å²) in [6.07, 6.45) is 7.86. The fourth-order valence-electron chi connectivity index (χ4n) is 4.19. The molecule has 0 bridgehead atoms. The normalized spacial score (nSPS) is 19.1. The van der Waals surface area contributed by atoms with Crippen molar-refractivity contribution < 1.29 is 4.79 Å². The number of pyridine rings is 1. The average molecular weight is 396 g/mol. The van der Waals surface area contributed by atoms with Crippen molar-refractivity contribution in [3.05, 3.63) is 42.1 Å². The van der Waals surface area contributed by atoms with Crippen LogP contribution in [0.3, 0.4) is 0 Å². The van der Waals surface area contributed by atoms with E-state index >= 15 is 0 Å². The van der Waals surface area contributed by atoms with Crippen molar-refractivity contribution in [2.24, 2.45) is 28.3 Å². The van der Waals surface area contributed by atoms with Gasteiger partial charge in [0.05, 0.1) is 5.52 Å². The highest BCUT2D eigenvalue weighted by atomic mass is 16.2. The second kappa shape index (κ2) is 10.2. The minimum atomic E-state index is 0.174. The zero-order valence-corrected chi connectivity index (χ0v) is 17.4. The summed E-state index contributed by atoms with van der Waals surface area (Å²) in [4.78, 5) is 23.6. The number of hydrogen-bond acceptors (Lipinski definition) is 3. The number of fused-ring (bicyclic) bond motifs is 1. The van der Waals surface area contributed by atoms with Crippen molar-refractivity contribution in [3.8, 4) is 0 Å². The number of carbonyl (C=O) groups is 1. The summed E-state index contributed by atoms with van der Waals surface area (Å²) in [5.74, 6) is 1.51. The Morgan fingerprint density at radius 3 is 2.62 bits per heavy atom. The minimum absolute atomic E-state index is 0.174. The van der Waals surface area contributed by atoms with Gasteiger partial charge in [-0.2, -0.15) is 0 Å². The molecular weight excluding hydrogens is 362 g/mol. The van der Waals surface area contributed by atoms with Crippen molar-refractivity contribution in [1.82, 2.24) is 9.88 Å². The summed E-state index contributed by atoms with van der Waals surface area (Å²) in [6.45, 7) is 4.23. The van der Waals surface area contributed by atoms with Crippen LogP contribution in [0, 0.1) is 11.8 Å². The molecule has 1 aliphatic carbocycles. The minimum Gasteiger partial charge on any atom is -0.370 e. The third-order valence-corrected chi connectivity index (χ3v) is 5.81. The number of guanidine groups is 1. The van der Waals surface area contributed by atoms with Gasteiger partial charge in [-0.05, 0) is 61.6 Å². The van der Waals surface area contributed by atoms with Crippen LogP contribution in [0.25, 0.3) is 10.9 Å². The van der Waals surface area contributed by atoms with E-state index in [9.17, 15) is 4.79 Å². The molecule has 1 saturated carbocycles. The molecule has 1 heterocycles. The quantitative estimate of drug-likeness (QED) is 0.528. The van der Waals surface area contributed by atoms with Gasteiger partial charge < -0.3 is 16.4 Å². The standard InChI is InChI=1S/C23H33N5O/c1-2-5-22(29)28(15-18-10-8-17(9-11-18)13-27-23(24)25)16-19-12-20-6-3-4-7-21(20)26-14-19/h3-4,6-7,12,14,17-18H,2,5,8-11,13,15-16H2,1H3,(H4,24,25,27). The Morgan fingerprint density at radius 1 is 1.17 bits per heavy atom. The number of benzene rings is 1. The van der Waals surface area contributed by atoms with E-state index in [0.29, 0.717) is 24.8 Å². The monoisotopic (exact) mass is 395 g/mol. The van der Waals surface area contributed by atoms with Gasteiger partial charge in [0.15, 0.2) is 5.96 Å². The SMILES string of the molecule is CCCC(=O)N(Cc1cnc2ccccc2c1)CC1CCC(CN=C(N)N)CC1. The first kappa shape index (κ1) is 21.1. The number of para-hydroxylation sites is 1. The van der Waals surface area contributed by atoms with Gasteiger partial charge in [0, 0.05) is 37.6 Å². The van der Waals surface area contributed by atoms with E-state index in [1.54, 1.807) is 0 Å². The van der Waals surface area contributed by atoms with E-state index in [4.69, 9.17) is 11.5 Å². The molecule has 1 aliphatic rings. The molecule has 0 atom stereocenters. The number of amides is 1. The van der Waals surface area contributed by atoms with Crippen LogP contribution >= 0.6 is 0 Å². The number of nitrogens with two attached hydrogens (primary N) is 2. The number of nitrogens with zero attached hydrogens (tertiary/aromatic N) is 3. The van der Waals surface area contributed by atoms with Crippen LogP contribution in [0.2, 0.25) is 0 Å². The van der Waals surface area contributed by atoms with E-state index in [2.05, 4.69) is 29.0 Å². The van der Waals surface area contributed by atoms with Crippen LogP contribution in [0.15, 0.2) is 41.5 Å². The lowest BCUT2D eigenvalue weighted by Gasteiger charge is -2.32. The molecule has 1 aromatic carbocycles. The van der Waals surface area contributed by atoms with Crippen molar-refractivity contribution in [1.29, 1.82) is 0 Å². The molecule has 1 amide bonds. The highest BCUT2D eigenvalue weighted by Gasteiger charge is 2.25. The molecule has 2 aromatic rings. The van der Waals surface area contributed by atoms with Gasteiger partial charge in [-0.3, -0.25) is 14.8 Å². The highest BCUT2D eigenvalue weighted by Crippen LogP contribution is 2.30. The predicted molar refractivity (Wildman–Crippen MR) is 118 cm³/mol. The molecule has 6 heteroatoms. The third kappa shape index (κ3) is 6.17. The van der Waals surface area contributed by atoms with E-state index in [-0.39, 0.29) is 11.9 Å². The molecule has 6 nitrogen and oxygen atoms in total. The Balaban J connectivity index is 1.63. The first-order valence-corrected chi connectivity index (χ1v) is 10.7. The van der Waals surface area contributed by atoms with Crippen molar-refractivity contribution in [2.45, 2.75) is 52.0 Å². The first-order chi connectivity index (χ1) is 14.0. The number of aromatic nitrogens is 1. The topological polar surface area (TPSA) is 97.6 Å². The summed E-state index contributed by atoms with van der Waals surface area (Å²) in [7, 11) is 0. The molecule has 0 aliphatic heterocycles. The maximum atomic E-state index is 12.8. The fraction of sp³-hybridized carbons (Fsp3) is 0.522. The predicted octanol–water partition coefficient (Wildman–Crippen LogP) is 3.44. The van der Waals surface area contributed by atoms with Crippen LogP contribution in [-0.2, 0) is 11.3 Å². The maximum Gasteiger partial charge on any atom is 0.222 e. The number of rotatable bonds is 8. The molecule has 0 spiro atoms. The Morgan fingerprint density at radius 2 is 1.90 bits per heavy atom. The molecule has 3 rings (SSSR count). The lowest BCUT2D eigenvalue weighted by Crippen LogP contribution is -2.36. The van der Waals surface area contributed by atoms with Crippen LogP contribution in [0.1, 0.15) is 51.0 Å². The fourth-order valence-corrected chi connectivity index (χ4v) is 4.19. The largest absolute Gasteiger partial charge is 0.370 e. The van der Waals surface area contributed by atoms with E-state index < -0.39 is 0 Å². The molecule has 156 valence electrons. The van der Waals surface area contributed by atoms with Crippen LogP contribution < -0.4 is 11.5 Å². The molecule has 0 saturated heterocycles. The van der Waals surface area contributed by atoms with Crippen LogP contribution in [0.4, 0.5) is 0 Å². The van der Waals surface area contributed by atoms with Gasteiger partial charge >= 0.3 is 0 Å². The van der Waals surface area contributed by atoms with E-state index in [1.807, 2.05) is 29.3 Å². The van der Waals surface area contributed by atoms with Gasteiger partial charge in [-0.15, -0.1) is 0 Å². The van der Waals surface area contributed by atoms with Crippen LogP contribution in [0.5, 0.6) is 0 Å². The second-order valence-electron chi connectivity index (χ2n) is 8.21. The summed E-state index contributed by atoms with van der Waals surface area (Å²) >= 11 is 0. The van der Waals surface area contributed by atoms with Crippen molar-refractivity contribution in [2.75, 3.05) is 13.1 Å². The Kier molecular flexibility index (Phi) is 7.44. The Hall–Kier alpha value is -2.63. The lowest BCUT2D eigenvalue weighted by atomic mass is 9.81. The molecule has 29 heavy (non-hydrogen) atoms. The number of aliphatic imine (C=N–C) groups is 1. The van der Waals surface area contributed by atoms with Crippen LogP contribution in [-0.4, -0.2) is 34.8 Å². The first-order valence-electron chi connectivity index (χ1n) is 10.7. The van der Waals surface area contributed by atoms with Gasteiger partial charge in [-0.25, -0.2) is 0 Å². The molecule has 0 unspecified atom stereocenters. The molecular formula is C23H33N5O. The van der Waals surface area contributed by atoms with Gasteiger partial charge in [0.1, 0.15) is 0 Å². The summed E-state index contributed by atoms with van der Waals surface area (Å²) in [5.41, 5.74) is 13.0. The number of hydrogen-bond donors (Lipinski definition) is 2. The number of carbonyl (C=O) groups excluding carboxylic acids is 1. The van der Waals surface area contributed by atoms with Gasteiger partial charge in [0.2, 0.25) is 5.91 Å². The van der Waals surface area contributed by atoms with E-state index in [0.717, 1.165) is 61.7 Å². The zero-order chi connectivity index (χ0) is 20.6. The molecule has 1 fully saturated rings. The lowest BCUT2D eigenvalue weighted by molar-refractivity contribution is -0.132. The van der Waals surface area contributed by atoms with Gasteiger partial charge in [-0.1, -0.05) is 25.1 Å². The molecule has 4 N–H and O–H groups in total. The average Bonchev–Trinajstić information content (AvgIpc) is 2.73. The van der Waals surface area contributed by atoms with Crippen molar-refractivity contribution in [3.63, 3.8) is 0 Å². The molecule has 1 aromatic heterocycles. The Bertz CT molecular complexity index is 838. The summed E-state index contributed by atoms with van der Waals surface area (Å²) in [5, 5.41) is 1.12. The van der Waals surface area contributed by atoms with Crippen molar-refractivity contribution >= 4 is 22.8 Å². The molecule has 0 radical (unpaired) electrons. The highest BCUT2D eigenvalue weighted by molar-refractivity contribution is 5.79. The second-order valence-corrected chi connectivity index (χ2v) is 8.21. The third-order valence-electron chi connectivity index (χ3n) is 5.81. The Labute approximate surface area is 173 Å². The maximum absolute atomic E-state index is 12.8. The summed E-state index contributed by atoms with van der Waals surface area (Å²) < 4.78 is 0. The van der Waals surface area contributed by atoms with Gasteiger partial charge in [0.25, 0.3) is 0 Å².